The summed E-state index contributed by atoms with van der Waals surface area (Å²) in [7, 11) is 0. The number of fused-ring (bicyclic) bond motifs is 1. The Morgan fingerprint density at radius 1 is 1.29 bits per heavy atom. The number of aryl methyl sites for hydroxylation is 1. The first-order valence-electron chi connectivity index (χ1n) is 6.69. The van der Waals surface area contributed by atoms with Gasteiger partial charge in [0, 0.05) is 18.6 Å². The van der Waals surface area contributed by atoms with E-state index in [0.717, 1.165) is 12.1 Å². The van der Waals surface area contributed by atoms with Gasteiger partial charge < -0.3 is 14.6 Å². The van der Waals surface area contributed by atoms with Gasteiger partial charge in [-0.1, -0.05) is 0 Å². The Bertz CT molecular complexity index is 626. The number of allylic oxidation sites excluding steroid dienone is 1. The largest absolute Gasteiger partial charge is 0.505 e. The molecule has 1 saturated heterocycles. The lowest BCUT2D eigenvalue weighted by atomic mass is 9.83. The van der Waals surface area contributed by atoms with Crippen molar-refractivity contribution in [1.82, 2.24) is 0 Å². The number of rotatable bonds is 3. The minimum atomic E-state index is -0.859. The van der Waals surface area contributed by atoms with Gasteiger partial charge in [0.2, 0.25) is 0 Å². The first-order chi connectivity index (χ1) is 10.00. The van der Waals surface area contributed by atoms with Crippen LogP contribution >= 0.6 is 0 Å². The van der Waals surface area contributed by atoms with Crippen molar-refractivity contribution in [1.29, 1.82) is 0 Å². The number of ketones is 1. The van der Waals surface area contributed by atoms with Crippen LogP contribution in [0.4, 0.5) is 8.78 Å². The predicted octanol–water partition coefficient (Wildman–Crippen LogP) is 2.59. The van der Waals surface area contributed by atoms with Gasteiger partial charge in [-0.2, -0.15) is 0 Å². The molecule has 1 aromatic rings. The monoisotopic (exact) mass is 296 g/mol. The van der Waals surface area contributed by atoms with Crippen LogP contribution < -0.4 is 0 Å². The predicted molar refractivity (Wildman–Crippen MR) is 68.4 cm³/mol. The van der Waals surface area contributed by atoms with E-state index in [2.05, 4.69) is 0 Å². The van der Waals surface area contributed by atoms with Crippen molar-refractivity contribution < 1.29 is 28.2 Å². The third-order valence-corrected chi connectivity index (χ3v) is 3.98. The highest BCUT2D eigenvalue weighted by Crippen LogP contribution is 2.40. The van der Waals surface area contributed by atoms with Gasteiger partial charge in [0.05, 0.1) is 0 Å². The number of benzene rings is 1. The standard InChI is InChI=1S/C15H14F2O4/c16-11-7-13(19)12(17)5-9(11)1-3-15-4-2-10(18)6-14(15)20-8-21-15/h5-7,19H,1-4,8H2/t15-/m0/s1. The van der Waals surface area contributed by atoms with E-state index in [-0.39, 0.29) is 24.6 Å². The molecular formula is C15H14F2O4. The van der Waals surface area contributed by atoms with Crippen molar-refractivity contribution in [2.45, 2.75) is 31.3 Å². The second-order valence-corrected chi connectivity index (χ2v) is 5.27. The van der Waals surface area contributed by atoms with Crippen molar-refractivity contribution in [3.05, 3.63) is 41.2 Å². The molecule has 21 heavy (non-hydrogen) atoms. The number of hydrogen-bond acceptors (Lipinski definition) is 4. The molecule has 3 rings (SSSR count). The fraction of sp³-hybridized carbons (Fsp3) is 0.400. The molecule has 0 radical (unpaired) electrons. The number of hydrogen-bond donors (Lipinski definition) is 1. The van der Waals surface area contributed by atoms with Crippen LogP contribution in [-0.4, -0.2) is 23.3 Å². The number of carbonyl (C=O) groups is 1. The van der Waals surface area contributed by atoms with Gasteiger partial charge in [-0.3, -0.25) is 4.79 Å². The Labute approximate surface area is 120 Å². The molecule has 0 amide bonds. The summed E-state index contributed by atoms with van der Waals surface area (Å²) in [5.41, 5.74) is -0.569. The van der Waals surface area contributed by atoms with Gasteiger partial charge in [-0.15, -0.1) is 0 Å². The highest BCUT2D eigenvalue weighted by molar-refractivity contribution is 5.91. The number of phenols is 1. The molecule has 112 valence electrons. The van der Waals surface area contributed by atoms with Crippen LogP contribution in [0.1, 0.15) is 24.8 Å². The maximum Gasteiger partial charge on any atom is 0.189 e. The van der Waals surface area contributed by atoms with Crippen molar-refractivity contribution in [2.24, 2.45) is 0 Å². The summed E-state index contributed by atoms with van der Waals surface area (Å²) in [6.45, 7) is 0.0610. The lowest BCUT2D eigenvalue weighted by Gasteiger charge is -2.29. The highest BCUT2D eigenvalue weighted by Gasteiger charge is 2.44. The average molecular weight is 296 g/mol. The highest BCUT2D eigenvalue weighted by atomic mass is 19.1. The van der Waals surface area contributed by atoms with Gasteiger partial charge in [-0.05, 0) is 30.9 Å². The number of carbonyl (C=O) groups excluding carboxylic acids is 1. The summed E-state index contributed by atoms with van der Waals surface area (Å²) in [6, 6.07) is 1.74. The zero-order chi connectivity index (χ0) is 15.0. The third kappa shape index (κ3) is 2.51. The Balaban J connectivity index is 1.80. The zero-order valence-corrected chi connectivity index (χ0v) is 11.2. The number of halogens is 2. The second kappa shape index (κ2) is 5.11. The minimum Gasteiger partial charge on any atom is -0.505 e. The van der Waals surface area contributed by atoms with Gasteiger partial charge >= 0.3 is 0 Å². The molecule has 0 aromatic heterocycles. The number of phenolic OH excluding ortho intramolecular Hbond substituents is 1. The van der Waals surface area contributed by atoms with Gasteiger partial charge in [0.15, 0.2) is 24.1 Å². The maximum absolute atomic E-state index is 13.7. The molecule has 1 fully saturated rings. The smallest absolute Gasteiger partial charge is 0.189 e. The van der Waals surface area contributed by atoms with Crippen LogP contribution in [0.5, 0.6) is 5.75 Å². The van der Waals surface area contributed by atoms with Crippen LogP contribution in [0.2, 0.25) is 0 Å². The fourth-order valence-electron chi connectivity index (χ4n) is 2.75. The van der Waals surface area contributed by atoms with Gasteiger partial charge in [-0.25, -0.2) is 8.78 Å². The topological polar surface area (TPSA) is 55.8 Å². The number of ether oxygens (including phenoxy) is 2. The lowest BCUT2D eigenvalue weighted by Crippen LogP contribution is -2.34. The van der Waals surface area contributed by atoms with E-state index in [1.165, 1.54) is 6.08 Å². The molecule has 1 aromatic carbocycles. The Hall–Kier alpha value is -1.95. The summed E-state index contributed by atoms with van der Waals surface area (Å²) in [5.74, 6) is -1.78. The molecule has 1 aliphatic carbocycles. The normalized spacial score (nSPS) is 24.5. The van der Waals surface area contributed by atoms with E-state index >= 15 is 0 Å². The first-order valence-corrected chi connectivity index (χ1v) is 6.69. The number of aromatic hydroxyl groups is 1. The summed E-state index contributed by atoms with van der Waals surface area (Å²) >= 11 is 0. The molecule has 2 aliphatic rings. The quantitative estimate of drug-likeness (QED) is 0.931. The molecule has 4 nitrogen and oxygen atoms in total. The Morgan fingerprint density at radius 3 is 2.90 bits per heavy atom. The van der Waals surface area contributed by atoms with E-state index in [1.54, 1.807) is 0 Å². The van der Waals surface area contributed by atoms with Crippen molar-refractivity contribution in [2.75, 3.05) is 6.79 Å². The molecule has 1 heterocycles. The van der Waals surface area contributed by atoms with Crippen LogP contribution in [0.25, 0.3) is 0 Å². The van der Waals surface area contributed by atoms with Crippen molar-refractivity contribution in [3.63, 3.8) is 0 Å². The summed E-state index contributed by atoms with van der Waals surface area (Å²) in [4.78, 5) is 11.4. The third-order valence-electron chi connectivity index (χ3n) is 3.98. The maximum atomic E-state index is 13.7. The summed E-state index contributed by atoms with van der Waals surface area (Å²) in [5, 5.41) is 9.11. The molecule has 0 spiro atoms. The molecule has 0 unspecified atom stereocenters. The minimum absolute atomic E-state index is 0.0204. The van der Waals surface area contributed by atoms with Crippen LogP contribution in [0.15, 0.2) is 24.0 Å². The zero-order valence-electron chi connectivity index (χ0n) is 11.2. The van der Waals surface area contributed by atoms with Crippen molar-refractivity contribution in [3.8, 4) is 5.75 Å². The second-order valence-electron chi connectivity index (χ2n) is 5.27. The summed E-state index contributed by atoms with van der Waals surface area (Å²) in [6.07, 6.45) is 2.84. The Morgan fingerprint density at radius 2 is 2.10 bits per heavy atom. The van der Waals surface area contributed by atoms with E-state index in [0.29, 0.717) is 25.0 Å². The van der Waals surface area contributed by atoms with E-state index in [1.807, 2.05) is 0 Å². The molecule has 6 heteroatoms. The molecule has 0 bridgehead atoms. The molecule has 1 aliphatic heterocycles. The molecule has 0 saturated carbocycles. The van der Waals surface area contributed by atoms with Crippen LogP contribution in [0, 0.1) is 11.6 Å². The van der Waals surface area contributed by atoms with Crippen molar-refractivity contribution >= 4 is 5.78 Å². The fourth-order valence-corrected chi connectivity index (χ4v) is 2.75. The average Bonchev–Trinajstić information content (AvgIpc) is 2.85. The molecule has 1 N–H and O–H groups in total. The molecular weight excluding hydrogens is 282 g/mol. The van der Waals surface area contributed by atoms with Gasteiger partial charge in [0.25, 0.3) is 0 Å². The SMILES string of the molecule is O=C1C=C2OCO[C@@]2(CCc2cc(F)c(O)cc2F)CC1. The van der Waals surface area contributed by atoms with Gasteiger partial charge in [0.1, 0.15) is 17.2 Å². The van der Waals surface area contributed by atoms with E-state index in [9.17, 15) is 13.6 Å². The molecule has 1 atom stereocenters. The van der Waals surface area contributed by atoms with Crippen LogP contribution in [0.3, 0.4) is 0 Å². The Kier molecular flexibility index (Phi) is 3.41. The van der Waals surface area contributed by atoms with Crippen LogP contribution in [-0.2, 0) is 20.7 Å². The first kappa shape index (κ1) is 14.0. The lowest BCUT2D eigenvalue weighted by molar-refractivity contribution is -0.117. The summed E-state index contributed by atoms with van der Waals surface area (Å²) < 4.78 is 37.9. The van der Waals surface area contributed by atoms with E-state index < -0.39 is 23.0 Å². The van der Waals surface area contributed by atoms with E-state index in [4.69, 9.17) is 14.6 Å².